The molecule has 0 bridgehead atoms. The van der Waals surface area contributed by atoms with E-state index >= 15 is 0 Å². The van der Waals surface area contributed by atoms with Gasteiger partial charge in [0.2, 0.25) is 5.82 Å². The summed E-state index contributed by atoms with van der Waals surface area (Å²) < 4.78 is 20.7. The number of aromatic nitrogens is 4. The van der Waals surface area contributed by atoms with Crippen LogP contribution in [-0.4, -0.2) is 33.0 Å². The lowest BCUT2D eigenvalue weighted by atomic mass is 10.1. The Morgan fingerprint density at radius 2 is 2.20 bits per heavy atom. The molecular weight excluding hydrogens is 345 g/mol. The molecule has 1 aliphatic heterocycles. The van der Waals surface area contributed by atoms with Crippen molar-refractivity contribution in [3.63, 3.8) is 0 Å². The van der Waals surface area contributed by atoms with Crippen LogP contribution in [0.4, 0.5) is 4.39 Å². The SMILES string of the molecule is Cc1cc(-c2noc(-c3ccn(C4CCCNC4)n3)n2)ccc1F.Cl. The summed E-state index contributed by atoms with van der Waals surface area (Å²) in [5, 5.41) is 11.9. The minimum Gasteiger partial charge on any atom is -0.332 e. The van der Waals surface area contributed by atoms with E-state index < -0.39 is 0 Å². The maximum Gasteiger partial charge on any atom is 0.278 e. The van der Waals surface area contributed by atoms with Gasteiger partial charge in [-0.15, -0.1) is 12.4 Å². The van der Waals surface area contributed by atoms with Crippen molar-refractivity contribution in [1.29, 1.82) is 0 Å². The van der Waals surface area contributed by atoms with Crippen LogP contribution in [0.1, 0.15) is 24.4 Å². The van der Waals surface area contributed by atoms with E-state index in [-0.39, 0.29) is 18.2 Å². The minimum absolute atomic E-state index is 0. The molecule has 1 saturated heterocycles. The summed E-state index contributed by atoms with van der Waals surface area (Å²) in [4.78, 5) is 4.39. The third kappa shape index (κ3) is 3.57. The highest BCUT2D eigenvalue weighted by molar-refractivity contribution is 5.85. The Balaban J connectivity index is 0.00000182. The fourth-order valence-electron chi connectivity index (χ4n) is 2.94. The fourth-order valence-corrected chi connectivity index (χ4v) is 2.94. The second kappa shape index (κ2) is 7.33. The van der Waals surface area contributed by atoms with Crippen LogP contribution in [0.5, 0.6) is 0 Å². The number of aryl methyl sites for hydroxylation is 1. The predicted octanol–water partition coefficient (Wildman–Crippen LogP) is 3.39. The number of piperidine rings is 1. The quantitative estimate of drug-likeness (QED) is 0.772. The van der Waals surface area contributed by atoms with E-state index in [0.29, 0.717) is 29.0 Å². The van der Waals surface area contributed by atoms with Gasteiger partial charge in [0, 0.05) is 18.3 Å². The maximum atomic E-state index is 13.4. The van der Waals surface area contributed by atoms with Crippen molar-refractivity contribution in [2.45, 2.75) is 25.8 Å². The normalized spacial score (nSPS) is 17.3. The van der Waals surface area contributed by atoms with Crippen molar-refractivity contribution >= 4 is 12.4 Å². The molecule has 0 aliphatic carbocycles. The Morgan fingerprint density at radius 1 is 1.32 bits per heavy atom. The van der Waals surface area contributed by atoms with E-state index in [1.807, 2.05) is 16.9 Å². The highest BCUT2D eigenvalue weighted by Gasteiger charge is 2.18. The molecule has 0 spiro atoms. The number of benzene rings is 1. The molecule has 3 heterocycles. The Labute approximate surface area is 150 Å². The summed E-state index contributed by atoms with van der Waals surface area (Å²) in [6.07, 6.45) is 4.20. The molecule has 1 aromatic carbocycles. The number of nitrogens with zero attached hydrogens (tertiary/aromatic N) is 4. The zero-order chi connectivity index (χ0) is 16.5. The van der Waals surface area contributed by atoms with E-state index in [1.54, 1.807) is 19.1 Å². The molecule has 6 nitrogen and oxygen atoms in total. The number of hydrogen-bond donors (Lipinski definition) is 1. The molecule has 8 heteroatoms. The van der Waals surface area contributed by atoms with Gasteiger partial charge in [0.15, 0.2) is 5.69 Å². The van der Waals surface area contributed by atoms with Crippen LogP contribution in [-0.2, 0) is 0 Å². The predicted molar refractivity (Wildman–Crippen MR) is 94.0 cm³/mol. The zero-order valence-corrected chi connectivity index (χ0v) is 14.6. The van der Waals surface area contributed by atoms with Gasteiger partial charge in [0.25, 0.3) is 5.89 Å². The molecule has 1 aliphatic rings. The highest BCUT2D eigenvalue weighted by atomic mass is 35.5. The van der Waals surface area contributed by atoms with Gasteiger partial charge in [-0.2, -0.15) is 10.1 Å². The highest BCUT2D eigenvalue weighted by Crippen LogP contribution is 2.24. The van der Waals surface area contributed by atoms with Crippen molar-refractivity contribution in [3.05, 3.63) is 41.8 Å². The zero-order valence-electron chi connectivity index (χ0n) is 13.8. The van der Waals surface area contributed by atoms with Crippen molar-refractivity contribution in [2.24, 2.45) is 0 Å². The molecule has 1 N–H and O–H groups in total. The van der Waals surface area contributed by atoms with E-state index in [2.05, 4.69) is 20.6 Å². The van der Waals surface area contributed by atoms with Gasteiger partial charge in [0.05, 0.1) is 6.04 Å². The lowest BCUT2D eigenvalue weighted by Crippen LogP contribution is -2.31. The molecule has 0 saturated carbocycles. The summed E-state index contributed by atoms with van der Waals surface area (Å²) in [5.41, 5.74) is 1.92. The van der Waals surface area contributed by atoms with Crippen LogP contribution in [0.25, 0.3) is 23.0 Å². The van der Waals surface area contributed by atoms with E-state index in [9.17, 15) is 4.39 Å². The molecule has 3 aromatic rings. The largest absolute Gasteiger partial charge is 0.332 e. The Kier molecular flexibility index (Phi) is 5.15. The van der Waals surface area contributed by atoms with Gasteiger partial charge in [-0.1, -0.05) is 5.16 Å². The van der Waals surface area contributed by atoms with E-state index in [0.717, 1.165) is 31.5 Å². The summed E-state index contributed by atoms with van der Waals surface area (Å²) in [6, 6.07) is 6.99. The van der Waals surface area contributed by atoms with Crippen molar-refractivity contribution < 1.29 is 8.91 Å². The number of hydrogen-bond acceptors (Lipinski definition) is 5. The van der Waals surface area contributed by atoms with E-state index in [1.165, 1.54) is 6.07 Å². The first kappa shape index (κ1) is 17.6. The van der Waals surface area contributed by atoms with Gasteiger partial charge in [-0.05, 0) is 56.1 Å². The van der Waals surface area contributed by atoms with Crippen molar-refractivity contribution in [2.75, 3.05) is 13.1 Å². The van der Waals surface area contributed by atoms with E-state index in [4.69, 9.17) is 4.52 Å². The monoisotopic (exact) mass is 363 g/mol. The first-order chi connectivity index (χ1) is 11.7. The minimum atomic E-state index is -0.248. The summed E-state index contributed by atoms with van der Waals surface area (Å²) in [6.45, 7) is 3.69. The topological polar surface area (TPSA) is 68.8 Å². The fraction of sp³-hybridized carbons (Fsp3) is 0.353. The smallest absolute Gasteiger partial charge is 0.278 e. The Hall–Kier alpha value is -2.25. The molecule has 1 unspecified atom stereocenters. The molecule has 0 radical (unpaired) electrons. The summed E-state index contributed by atoms with van der Waals surface area (Å²) >= 11 is 0. The summed E-state index contributed by atoms with van der Waals surface area (Å²) in [5.74, 6) is 0.554. The van der Waals surface area contributed by atoms with Crippen LogP contribution in [0, 0.1) is 12.7 Å². The molecule has 1 fully saturated rings. The number of halogens is 2. The molecule has 1 atom stereocenters. The van der Waals surface area contributed by atoms with Crippen LogP contribution < -0.4 is 5.32 Å². The molecule has 0 amide bonds. The third-order valence-electron chi connectivity index (χ3n) is 4.31. The van der Waals surface area contributed by atoms with Gasteiger partial charge >= 0.3 is 0 Å². The molecule has 132 valence electrons. The third-order valence-corrected chi connectivity index (χ3v) is 4.31. The first-order valence-electron chi connectivity index (χ1n) is 8.07. The number of nitrogens with one attached hydrogen (secondary N) is 1. The average molecular weight is 364 g/mol. The average Bonchev–Trinajstić information content (AvgIpc) is 3.27. The molecule has 2 aromatic heterocycles. The van der Waals surface area contributed by atoms with Crippen molar-refractivity contribution in [3.8, 4) is 23.0 Å². The standard InChI is InChI=1S/C17H18FN5O.ClH/c1-11-9-12(4-5-14(11)18)16-20-17(24-22-16)15-6-8-23(21-15)13-3-2-7-19-10-13;/h4-6,8-9,13,19H,2-3,7,10H2,1H3;1H. The first-order valence-corrected chi connectivity index (χ1v) is 8.07. The lowest BCUT2D eigenvalue weighted by molar-refractivity contribution is 0.346. The van der Waals surface area contributed by atoms with Crippen molar-refractivity contribution in [1.82, 2.24) is 25.2 Å². The van der Waals surface area contributed by atoms with Gasteiger partial charge in [-0.3, -0.25) is 4.68 Å². The second-order valence-corrected chi connectivity index (χ2v) is 6.07. The molecular formula is C17H19ClFN5O. The number of rotatable bonds is 3. The second-order valence-electron chi connectivity index (χ2n) is 6.07. The van der Waals surface area contributed by atoms with Crippen LogP contribution >= 0.6 is 12.4 Å². The van der Waals surface area contributed by atoms with Gasteiger partial charge < -0.3 is 9.84 Å². The maximum absolute atomic E-state index is 13.4. The van der Waals surface area contributed by atoms with Gasteiger partial charge in [0.1, 0.15) is 5.82 Å². The van der Waals surface area contributed by atoms with Crippen LogP contribution in [0.15, 0.2) is 35.0 Å². The Bertz CT molecular complexity index is 856. The molecule has 25 heavy (non-hydrogen) atoms. The van der Waals surface area contributed by atoms with Gasteiger partial charge in [-0.25, -0.2) is 4.39 Å². The lowest BCUT2D eigenvalue weighted by Gasteiger charge is -2.22. The Morgan fingerprint density at radius 3 is 2.96 bits per heavy atom. The van der Waals surface area contributed by atoms with Crippen LogP contribution in [0.2, 0.25) is 0 Å². The summed E-state index contributed by atoms with van der Waals surface area (Å²) in [7, 11) is 0. The van der Waals surface area contributed by atoms with Crippen LogP contribution in [0.3, 0.4) is 0 Å². The molecule has 4 rings (SSSR count).